The number of rotatable bonds is 4. The van der Waals surface area contributed by atoms with E-state index < -0.39 is 17.6 Å². The summed E-state index contributed by atoms with van der Waals surface area (Å²) in [5, 5.41) is 2.90. The lowest BCUT2D eigenvalue weighted by atomic mass is 9.98. The molecule has 100 valence electrons. The number of hydrogen-bond donors (Lipinski definition) is 1. The first kappa shape index (κ1) is 14.7. The minimum absolute atomic E-state index is 0.302. The third kappa shape index (κ3) is 3.57. The van der Waals surface area contributed by atoms with Gasteiger partial charge in [0, 0.05) is 6.04 Å². The van der Waals surface area contributed by atoms with Crippen molar-refractivity contribution in [3.63, 3.8) is 0 Å². The second-order valence-corrected chi connectivity index (χ2v) is 4.24. The SMILES string of the molecule is C=C(C)CC(NC)c1ccc(F)c(C(F)(F)F)c1. The van der Waals surface area contributed by atoms with Crippen LogP contribution in [0.2, 0.25) is 0 Å². The lowest BCUT2D eigenvalue weighted by molar-refractivity contribution is -0.140. The van der Waals surface area contributed by atoms with Crippen molar-refractivity contribution in [2.24, 2.45) is 0 Å². The van der Waals surface area contributed by atoms with E-state index in [1.54, 1.807) is 14.0 Å². The molecular weight excluding hydrogens is 246 g/mol. The summed E-state index contributed by atoms with van der Waals surface area (Å²) in [5.41, 5.74) is 0.00317. The fourth-order valence-corrected chi connectivity index (χ4v) is 1.71. The lowest BCUT2D eigenvalue weighted by Crippen LogP contribution is -2.18. The first-order chi connectivity index (χ1) is 8.25. The van der Waals surface area contributed by atoms with E-state index in [9.17, 15) is 17.6 Å². The molecule has 0 aromatic heterocycles. The Morgan fingerprint density at radius 2 is 2.00 bits per heavy atom. The van der Waals surface area contributed by atoms with Crippen molar-refractivity contribution in [2.75, 3.05) is 7.05 Å². The molecule has 0 spiro atoms. The molecule has 0 bridgehead atoms. The molecule has 1 aromatic rings. The van der Waals surface area contributed by atoms with Gasteiger partial charge in [-0.3, -0.25) is 0 Å². The Labute approximate surface area is 104 Å². The fraction of sp³-hybridized carbons (Fsp3) is 0.385. The molecule has 1 N–H and O–H groups in total. The summed E-state index contributed by atoms with van der Waals surface area (Å²) < 4.78 is 50.9. The maximum atomic E-state index is 13.1. The molecule has 1 aromatic carbocycles. The van der Waals surface area contributed by atoms with E-state index in [1.165, 1.54) is 6.07 Å². The third-order valence-electron chi connectivity index (χ3n) is 2.60. The van der Waals surface area contributed by atoms with Gasteiger partial charge in [0.15, 0.2) is 0 Å². The van der Waals surface area contributed by atoms with Gasteiger partial charge in [0.25, 0.3) is 0 Å². The minimum Gasteiger partial charge on any atom is -0.313 e. The summed E-state index contributed by atoms with van der Waals surface area (Å²) in [6.45, 7) is 5.51. The summed E-state index contributed by atoms with van der Waals surface area (Å²) in [6, 6.07) is 2.75. The van der Waals surface area contributed by atoms with Crippen LogP contribution < -0.4 is 5.32 Å². The smallest absolute Gasteiger partial charge is 0.313 e. The van der Waals surface area contributed by atoms with Gasteiger partial charge < -0.3 is 5.32 Å². The number of hydrogen-bond acceptors (Lipinski definition) is 1. The number of halogens is 4. The molecule has 18 heavy (non-hydrogen) atoms. The Kier molecular flexibility index (Phi) is 4.51. The topological polar surface area (TPSA) is 12.0 Å². The fourth-order valence-electron chi connectivity index (χ4n) is 1.71. The van der Waals surface area contributed by atoms with E-state index in [0.29, 0.717) is 12.0 Å². The Hall–Kier alpha value is -1.36. The van der Waals surface area contributed by atoms with Crippen molar-refractivity contribution in [3.05, 3.63) is 47.3 Å². The van der Waals surface area contributed by atoms with Crippen molar-refractivity contribution in [1.82, 2.24) is 5.32 Å². The van der Waals surface area contributed by atoms with Crippen LogP contribution in [-0.2, 0) is 6.18 Å². The third-order valence-corrected chi connectivity index (χ3v) is 2.60. The molecule has 0 aliphatic heterocycles. The average molecular weight is 261 g/mol. The van der Waals surface area contributed by atoms with Crippen LogP contribution in [-0.4, -0.2) is 7.05 Å². The van der Waals surface area contributed by atoms with Gasteiger partial charge in [0.1, 0.15) is 5.82 Å². The van der Waals surface area contributed by atoms with Gasteiger partial charge >= 0.3 is 6.18 Å². The zero-order chi connectivity index (χ0) is 13.9. The van der Waals surface area contributed by atoms with Gasteiger partial charge in [0.2, 0.25) is 0 Å². The van der Waals surface area contributed by atoms with Gasteiger partial charge in [-0.1, -0.05) is 11.6 Å². The molecule has 1 unspecified atom stereocenters. The Morgan fingerprint density at radius 3 is 2.44 bits per heavy atom. The van der Waals surface area contributed by atoms with E-state index >= 15 is 0 Å². The number of alkyl halides is 3. The van der Waals surface area contributed by atoms with Crippen molar-refractivity contribution < 1.29 is 17.6 Å². The van der Waals surface area contributed by atoms with Crippen LogP contribution in [0, 0.1) is 5.82 Å². The normalized spacial score (nSPS) is 13.4. The van der Waals surface area contributed by atoms with E-state index in [2.05, 4.69) is 11.9 Å². The van der Waals surface area contributed by atoms with E-state index in [0.717, 1.165) is 17.7 Å². The van der Waals surface area contributed by atoms with Gasteiger partial charge in [-0.15, -0.1) is 6.58 Å². The molecule has 1 nitrogen and oxygen atoms in total. The standard InChI is InChI=1S/C13H15F4N/c1-8(2)6-12(18-3)9-4-5-11(14)10(7-9)13(15,16)17/h4-5,7,12,18H,1,6H2,2-3H3. The van der Waals surface area contributed by atoms with Crippen LogP contribution in [0.5, 0.6) is 0 Å². The van der Waals surface area contributed by atoms with Crippen LogP contribution in [0.1, 0.15) is 30.5 Å². The number of nitrogens with one attached hydrogen (secondary N) is 1. The summed E-state index contributed by atoms with van der Waals surface area (Å²) >= 11 is 0. The molecule has 0 fully saturated rings. The van der Waals surface area contributed by atoms with Crippen LogP contribution in [0.15, 0.2) is 30.4 Å². The van der Waals surface area contributed by atoms with Crippen LogP contribution >= 0.6 is 0 Å². The first-order valence-electron chi connectivity index (χ1n) is 5.44. The zero-order valence-electron chi connectivity index (χ0n) is 10.2. The van der Waals surface area contributed by atoms with E-state index in [1.807, 2.05) is 0 Å². The molecule has 0 amide bonds. The van der Waals surface area contributed by atoms with Crippen molar-refractivity contribution in [3.8, 4) is 0 Å². The highest BCUT2D eigenvalue weighted by molar-refractivity contribution is 5.30. The molecule has 0 saturated carbocycles. The van der Waals surface area contributed by atoms with Gasteiger partial charge in [-0.25, -0.2) is 4.39 Å². The van der Waals surface area contributed by atoms with Crippen molar-refractivity contribution >= 4 is 0 Å². The van der Waals surface area contributed by atoms with Crippen LogP contribution in [0.3, 0.4) is 0 Å². The van der Waals surface area contributed by atoms with Gasteiger partial charge in [-0.05, 0) is 38.1 Å². The quantitative estimate of drug-likeness (QED) is 0.636. The molecule has 0 aliphatic rings. The first-order valence-corrected chi connectivity index (χ1v) is 5.44. The molecule has 0 aliphatic carbocycles. The van der Waals surface area contributed by atoms with Gasteiger partial charge in [0.05, 0.1) is 5.56 Å². The predicted molar refractivity (Wildman–Crippen MR) is 62.6 cm³/mol. The summed E-state index contributed by atoms with van der Waals surface area (Å²) in [6.07, 6.45) is -4.18. The van der Waals surface area contributed by atoms with Crippen LogP contribution in [0.25, 0.3) is 0 Å². The van der Waals surface area contributed by atoms with Crippen LogP contribution in [0.4, 0.5) is 17.6 Å². The molecule has 5 heteroatoms. The monoisotopic (exact) mass is 261 g/mol. The summed E-state index contributed by atoms with van der Waals surface area (Å²) in [7, 11) is 1.64. The van der Waals surface area contributed by atoms with E-state index in [4.69, 9.17) is 0 Å². The molecule has 0 heterocycles. The Balaban J connectivity index is 3.14. The molecule has 0 saturated heterocycles. The summed E-state index contributed by atoms with van der Waals surface area (Å²) in [5.74, 6) is -1.25. The molecule has 0 radical (unpaired) electrons. The highest BCUT2D eigenvalue weighted by Gasteiger charge is 2.34. The second kappa shape index (κ2) is 5.52. The Bertz CT molecular complexity index is 437. The van der Waals surface area contributed by atoms with E-state index in [-0.39, 0.29) is 6.04 Å². The van der Waals surface area contributed by atoms with Crippen molar-refractivity contribution in [2.45, 2.75) is 25.6 Å². The average Bonchev–Trinajstić information content (AvgIpc) is 2.25. The van der Waals surface area contributed by atoms with Gasteiger partial charge in [-0.2, -0.15) is 13.2 Å². The predicted octanol–water partition coefficient (Wildman–Crippen LogP) is 4.07. The largest absolute Gasteiger partial charge is 0.419 e. The molecule has 1 atom stereocenters. The zero-order valence-corrected chi connectivity index (χ0v) is 10.2. The Morgan fingerprint density at radius 1 is 1.39 bits per heavy atom. The minimum atomic E-state index is -4.68. The van der Waals surface area contributed by atoms with Crippen molar-refractivity contribution in [1.29, 1.82) is 0 Å². The molecule has 1 rings (SSSR count). The maximum absolute atomic E-state index is 13.1. The lowest BCUT2D eigenvalue weighted by Gasteiger charge is -2.18. The molecular formula is C13H15F4N. The maximum Gasteiger partial charge on any atom is 0.419 e. The second-order valence-electron chi connectivity index (χ2n) is 4.24. The highest BCUT2D eigenvalue weighted by atomic mass is 19.4. The highest BCUT2D eigenvalue weighted by Crippen LogP contribution is 2.33. The summed E-state index contributed by atoms with van der Waals surface area (Å²) in [4.78, 5) is 0. The number of benzene rings is 1.